The Labute approximate surface area is 76.3 Å². The van der Waals surface area contributed by atoms with Crippen molar-refractivity contribution in [3.05, 3.63) is 18.0 Å². The maximum atomic E-state index is 11.4. The zero-order valence-corrected chi connectivity index (χ0v) is 7.54. The van der Waals surface area contributed by atoms with Gasteiger partial charge in [0.1, 0.15) is 6.26 Å². The van der Waals surface area contributed by atoms with Crippen LogP contribution < -0.4 is 5.32 Å². The van der Waals surface area contributed by atoms with E-state index in [0.29, 0.717) is 12.1 Å². The van der Waals surface area contributed by atoms with Crippen molar-refractivity contribution in [3.63, 3.8) is 0 Å². The topological polar surface area (TPSA) is 55.1 Å². The Hall–Kier alpha value is -1.32. The molecule has 1 amide bonds. The summed E-state index contributed by atoms with van der Waals surface area (Å²) in [6.45, 7) is 2.05. The van der Waals surface area contributed by atoms with Gasteiger partial charge in [0, 0.05) is 11.6 Å². The van der Waals surface area contributed by atoms with Crippen molar-refractivity contribution in [3.8, 4) is 0 Å². The molecule has 1 aromatic heterocycles. The number of nitrogens with one attached hydrogen (secondary N) is 1. The van der Waals surface area contributed by atoms with Gasteiger partial charge >= 0.3 is 0 Å². The van der Waals surface area contributed by atoms with E-state index in [0.717, 1.165) is 12.8 Å². The van der Waals surface area contributed by atoms with Crippen molar-refractivity contribution in [2.75, 3.05) is 0 Å². The second-order valence-electron chi connectivity index (χ2n) is 3.78. The number of rotatable bonds is 3. The van der Waals surface area contributed by atoms with Crippen LogP contribution in [0.15, 0.2) is 16.9 Å². The second kappa shape index (κ2) is 2.87. The van der Waals surface area contributed by atoms with Gasteiger partial charge in [-0.2, -0.15) is 0 Å². The normalized spacial score (nSPS) is 18.2. The van der Waals surface area contributed by atoms with Gasteiger partial charge in [0.15, 0.2) is 0 Å². The summed E-state index contributed by atoms with van der Waals surface area (Å²) < 4.78 is 4.63. The van der Waals surface area contributed by atoms with Crippen LogP contribution in [0.3, 0.4) is 0 Å². The summed E-state index contributed by atoms with van der Waals surface area (Å²) in [5.74, 6) is 0.0221. The zero-order valence-electron chi connectivity index (χ0n) is 7.54. The average Bonchev–Trinajstić information content (AvgIpc) is 2.61. The lowest BCUT2D eigenvalue weighted by Crippen LogP contribution is -2.35. The highest BCUT2D eigenvalue weighted by molar-refractivity contribution is 5.79. The molecule has 1 aliphatic carbocycles. The summed E-state index contributed by atoms with van der Waals surface area (Å²) in [6.07, 6.45) is 3.95. The van der Waals surface area contributed by atoms with Crippen molar-refractivity contribution in [2.24, 2.45) is 0 Å². The quantitative estimate of drug-likeness (QED) is 0.751. The summed E-state index contributed by atoms with van der Waals surface area (Å²) in [7, 11) is 0. The summed E-state index contributed by atoms with van der Waals surface area (Å²) in [5, 5.41) is 6.62. The Morgan fingerprint density at radius 1 is 1.77 bits per heavy atom. The van der Waals surface area contributed by atoms with Gasteiger partial charge in [0.2, 0.25) is 5.91 Å². The molecule has 0 aromatic carbocycles. The number of carbonyl (C=O) groups excluding carboxylic acids is 1. The van der Waals surface area contributed by atoms with Crippen LogP contribution in [0.25, 0.3) is 0 Å². The minimum Gasteiger partial charge on any atom is -0.364 e. The van der Waals surface area contributed by atoms with Gasteiger partial charge < -0.3 is 9.84 Å². The van der Waals surface area contributed by atoms with Crippen LogP contribution in [0, 0.1) is 0 Å². The molecule has 4 heteroatoms. The van der Waals surface area contributed by atoms with E-state index in [-0.39, 0.29) is 11.4 Å². The molecule has 1 N–H and O–H groups in total. The molecule has 1 aliphatic rings. The molecule has 0 saturated heterocycles. The molecule has 0 radical (unpaired) electrons. The number of carbonyl (C=O) groups is 1. The molecule has 0 atom stereocenters. The monoisotopic (exact) mass is 180 g/mol. The fraction of sp³-hybridized carbons (Fsp3) is 0.556. The van der Waals surface area contributed by atoms with Gasteiger partial charge in [-0.05, 0) is 19.8 Å². The van der Waals surface area contributed by atoms with Crippen LogP contribution in [-0.4, -0.2) is 16.6 Å². The van der Waals surface area contributed by atoms with E-state index in [1.165, 1.54) is 6.26 Å². The summed E-state index contributed by atoms with van der Waals surface area (Å²) in [4.78, 5) is 11.4. The Morgan fingerprint density at radius 2 is 2.54 bits per heavy atom. The zero-order chi connectivity index (χ0) is 9.31. The molecule has 0 aliphatic heterocycles. The molecule has 0 bridgehead atoms. The van der Waals surface area contributed by atoms with E-state index in [1.807, 2.05) is 6.92 Å². The molecule has 1 aromatic rings. The molecule has 70 valence electrons. The van der Waals surface area contributed by atoms with Crippen molar-refractivity contribution in [1.29, 1.82) is 0 Å². The van der Waals surface area contributed by atoms with Crippen LogP contribution in [0.1, 0.15) is 25.5 Å². The number of aromatic nitrogens is 1. The Kier molecular flexibility index (Phi) is 1.83. The van der Waals surface area contributed by atoms with E-state index in [4.69, 9.17) is 0 Å². The Balaban J connectivity index is 1.85. The van der Waals surface area contributed by atoms with E-state index < -0.39 is 0 Å². The first-order chi connectivity index (χ1) is 6.18. The first kappa shape index (κ1) is 8.29. The molecule has 1 heterocycles. The van der Waals surface area contributed by atoms with Gasteiger partial charge in [-0.25, -0.2) is 0 Å². The van der Waals surface area contributed by atoms with E-state index in [1.54, 1.807) is 6.07 Å². The number of amides is 1. The van der Waals surface area contributed by atoms with Crippen molar-refractivity contribution in [2.45, 2.75) is 31.7 Å². The minimum atomic E-state index is 0.0221. The van der Waals surface area contributed by atoms with E-state index in [2.05, 4.69) is 15.0 Å². The third-order valence-corrected chi connectivity index (χ3v) is 2.27. The predicted octanol–water partition coefficient (Wildman–Crippen LogP) is 0.886. The number of hydrogen-bond donors (Lipinski definition) is 1. The maximum Gasteiger partial charge on any atom is 0.226 e. The fourth-order valence-corrected chi connectivity index (χ4v) is 1.19. The van der Waals surface area contributed by atoms with Gasteiger partial charge in [-0.3, -0.25) is 4.79 Å². The highest BCUT2D eigenvalue weighted by Gasteiger charge is 2.38. The van der Waals surface area contributed by atoms with E-state index >= 15 is 0 Å². The van der Waals surface area contributed by atoms with Gasteiger partial charge in [0.25, 0.3) is 0 Å². The summed E-state index contributed by atoms with van der Waals surface area (Å²) in [5.41, 5.74) is 0.739. The molecule has 0 spiro atoms. The molecule has 0 unspecified atom stereocenters. The van der Waals surface area contributed by atoms with Gasteiger partial charge in [-0.15, -0.1) is 0 Å². The second-order valence-corrected chi connectivity index (χ2v) is 3.78. The van der Waals surface area contributed by atoms with Gasteiger partial charge in [0.05, 0.1) is 12.1 Å². The van der Waals surface area contributed by atoms with Crippen molar-refractivity contribution < 1.29 is 9.32 Å². The molecule has 1 fully saturated rings. The lowest BCUT2D eigenvalue weighted by atomic mass is 10.2. The molecular weight excluding hydrogens is 168 g/mol. The van der Waals surface area contributed by atoms with E-state index in [9.17, 15) is 4.79 Å². The highest BCUT2D eigenvalue weighted by Crippen LogP contribution is 2.34. The highest BCUT2D eigenvalue weighted by atomic mass is 16.5. The first-order valence-corrected chi connectivity index (χ1v) is 4.38. The molecular formula is C9H12N2O2. The summed E-state index contributed by atoms with van der Waals surface area (Å²) >= 11 is 0. The van der Waals surface area contributed by atoms with Crippen LogP contribution >= 0.6 is 0 Å². The largest absolute Gasteiger partial charge is 0.364 e. The van der Waals surface area contributed by atoms with Crippen LogP contribution in [0.2, 0.25) is 0 Å². The number of nitrogens with zero attached hydrogens (tertiary/aromatic N) is 1. The summed E-state index contributed by atoms with van der Waals surface area (Å²) in [6, 6.07) is 1.70. The third-order valence-electron chi connectivity index (χ3n) is 2.27. The SMILES string of the molecule is CC1(NC(=O)Cc2ccon2)CC1. The third kappa shape index (κ3) is 2.08. The van der Waals surface area contributed by atoms with Crippen LogP contribution in [-0.2, 0) is 11.2 Å². The lowest BCUT2D eigenvalue weighted by Gasteiger charge is -2.09. The van der Waals surface area contributed by atoms with Crippen molar-refractivity contribution >= 4 is 5.91 Å². The van der Waals surface area contributed by atoms with Gasteiger partial charge in [-0.1, -0.05) is 5.16 Å². The fourth-order valence-electron chi connectivity index (χ4n) is 1.19. The first-order valence-electron chi connectivity index (χ1n) is 4.38. The maximum absolute atomic E-state index is 11.4. The Bertz CT molecular complexity index is 301. The molecule has 2 rings (SSSR count). The molecule has 13 heavy (non-hydrogen) atoms. The average molecular weight is 180 g/mol. The smallest absolute Gasteiger partial charge is 0.226 e. The van der Waals surface area contributed by atoms with Crippen LogP contribution in [0.5, 0.6) is 0 Å². The van der Waals surface area contributed by atoms with Crippen LogP contribution in [0.4, 0.5) is 0 Å². The standard InChI is InChI=1S/C9H12N2O2/c1-9(3-4-9)10-8(12)6-7-2-5-13-11-7/h2,5H,3-4,6H2,1H3,(H,10,12). The number of hydrogen-bond acceptors (Lipinski definition) is 3. The minimum absolute atomic E-state index is 0.0221. The molecule has 1 saturated carbocycles. The molecule has 4 nitrogen and oxygen atoms in total. The lowest BCUT2D eigenvalue weighted by molar-refractivity contribution is -0.121. The predicted molar refractivity (Wildman–Crippen MR) is 46.0 cm³/mol. The Morgan fingerprint density at radius 3 is 3.08 bits per heavy atom. The van der Waals surface area contributed by atoms with Crippen molar-refractivity contribution in [1.82, 2.24) is 10.5 Å².